The van der Waals surface area contributed by atoms with Gasteiger partial charge in [0.25, 0.3) is 0 Å². The second kappa shape index (κ2) is 6.81. The molecule has 0 saturated carbocycles. The summed E-state index contributed by atoms with van der Waals surface area (Å²) in [5, 5.41) is 0. The van der Waals surface area contributed by atoms with Gasteiger partial charge < -0.3 is 0 Å². The molecule has 0 bridgehead atoms. The minimum atomic E-state index is 0.158. The Kier molecular flexibility index (Phi) is 5.09. The zero-order valence-corrected chi connectivity index (χ0v) is 12.5. The topological polar surface area (TPSA) is 0 Å². The monoisotopic (exact) mass is 270 g/mol. The number of hydrogen-bond acceptors (Lipinski definition) is 1. The Morgan fingerprint density at radius 2 is 2.11 bits per heavy atom. The van der Waals surface area contributed by atoms with Crippen LogP contribution in [0.1, 0.15) is 25.3 Å². The van der Waals surface area contributed by atoms with Gasteiger partial charge in [-0.1, -0.05) is 61.2 Å². The molecule has 1 heterocycles. The lowest BCUT2D eigenvalue weighted by Crippen LogP contribution is -2.34. The Morgan fingerprint density at radius 1 is 1.32 bits per heavy atom. The average Bonchev–Trinajstić information content (AvgIpc) is 2.49. The van der Waals surface area contributed by atoms with Gasteiger partial charge in [0.05, 0.1) is 0 Å². The SMILES string of the molecule is C=C/C=C(\C=C/C)C1(c2ccccc2)CCCSC1. The predicted octanol–water partition coefficient (Wildman–Crippen LogP) is 5.14. The molecule has 1 aromatic rings. The van der Waals surface area contributed by atoms with Crippen molar-refractivity contribution < 1.29 is 0 Å². The molecule has 0 aliphatic carbocycles. The molecule has 1 atom stereocenters. The maximum absolute atomic E-state index is 3.89. The van der Waals surface area contributed by atoms with Gasteiger partial charge in [-0.15, -0.1) is 0 Å². The normalized spacial score (nSPS) is 24.6. The summed E-state index contributed by atoms with van der Waals surface area (Å²) in [6.07, 6.45) is 11.0. The molecule has 1 aromatic carbocycles. The van der Waals surface area contributed by atoms with Gasteiger partial charge in [-0.25, -0.2) is 0 Å². The minimum Gasteiger partial charge on any atom is -0.161 e. The molecule has 1 aliphatic rings. The van der Waals surface area contributed by atoms with Crippen LogP contribution in [-0.2, 0) is 5.41 Å². The van der Waals surface area contributed by atoms with Gasteiger partial charge in [-0.3, -0.25) is 0 Å². The van der Waals surface area contributed by atoms with E-state index in [9.17, 15) is 0 Å². The van der Waals surface area contributed by atoms with Gasteiger partial charge in [-0.05, 0) is 36.7 Å². The Balaban J connectivity index is 2.50. The molecule has 0 aromatic heterocycles. The molecule has 2 rings (SSSR count). The van der Waals surface area contributed by atoms with E-state index in [1.165, 1.54) is 35.5 Å². The minimum absolute atomic E-state index is 0.158. The third-order valence-corrected chi connectivity index (χ3v) is 5.04. The quantitative estimate of drug-likeness (QED) is 0.683. The van der Waals surface area contributed by atoms with Gasteiger partial charge in [0.15, 0.2) is 0 Å². The second-order valence-corrected chi connectivity index (χ2v) is 6.07. The van der Waals surface area contributed by atoms with E-state index >= 15 is 0 Å². The largest absolute Gasteiger partial charge is 0.161 e. The molecule has 100 valence electrons. The maximum atomic E-state index is 3.89. The van der Waals surface area contributed by atoms with Crippen LogP contribution in [0.5, 0.6) is 0 Å². The first-order valence-electron chi connectivity index (χ1n) is 6.92. The smallest absolute Gasteiger partial charge is 0.0293 e. The van der Waals surface area contributed by atoms with Gasteiger partial charge >= 0.3 is 0 Å². The molecular weight excluding hydrogens is 248 g/mol. The molecule has 0 spiro atoms. The molecule has 0 radical (unpaired) electrons. The molecule has 0 N–H and O–H groups in total. The van der Waals surface area contributed by atoms with Crippen molar-refractivity contribution in [2.75, 3.05) is 11.5 Å². The number of hydrogen-bond donors (Lipinski definition) is 0. The molecular formula is C18H22S. The lowest BCUT2D eigenvalue weighted by Gasteiger charge is -2.39. The number of rotatable bonds is 4. The van der Waals surface area contributed by atoms with Crippen LogP contribution in [0.2, 0.25) is 0 Å². The Morgan fingerprint density at radius 3 is 2.68 bits per heavy atom. The van der Waals surface area contributed by atoms with E-state index in [0.717, 1.165) is 0 Å². The fourth-order valence-electron chi connectivity index (χ4n) is 2.85. The Hall–Kier alpha value is -1.21. The van der Waals surface area contributed by atoms with E-state index in [0.29, 0.717) is 0 Å². The first-order chi connectivity index (χ1) is 9.33. The van der Waals surface area contributed by atoms with Crippen LogP contribution >= 0.6 is 11.8 Å². The van der Waals surface area contributed by atoms with Crippen molar-refractivity contribution in [2.45, 2.75) is 25.2 Å². The van der Waals surface area contributed by atoms with Crippen LogP contribution < -0.4 is 0 Å². The van der Waals surface area contributed by atoms with Crippen LogP contribution in [-0.4, -0.2) is 11.5 Å². The maximum Gasteiger partial charge on any atom is 0.0293 e. The molecule has 0 amide bonds. The number of allylic oxidation sites excluding steroid dienone is 5. The van der Waals surface area contributed by atoms with Crippen LogP contribution in [0.3, 0.4) is 0 Å². The van der Waals surface area contributed by atoms with Crippen LogP contribution in [0, 0.1) is 0 Å². The van der Waals surface area contributed by atoms with E-state index < -0.39 is 0 Å². The van der Waals surface area contributed by atoms with Gasteiger partial charge in [0.1, 0.15) is 0 Å². The molecule has 1 heteroatoms. The molecule has 1 unspecified atom stereocenters. The molecule has 1 aliphatic heterocycles. The summed E-state index contributed by atoms with van der Waals surface area (Å²) in [7, 11) is 0. The third-order valence-electron chi connectivity index (χ3n) is 3.76. The van der Waals surface area contributed by atoms with Crippen LogP contribution in [0.25, 0.3) is 0 Å². The van der Waals surface area contributed by atoms with Gasteiger partial charge in [0, 0.05) is 11.2 Å². The molecule has 0 nitrogen and oxygen atoms in total. The van der Waals surface area contributed by atoms with E-state index in [4.69, 9.17) is 0 Å². The molecule has 1 fully saturated rings. The summed E-state index contributed by atoms with van der Waals surface area (Å²) < 4.78 is 0. The second-order valence-electron chi connectivity index (χ2n) is 4.96. The predicted molar refractivity (Wildman–Crippen MR) is 87.8 cm³/mol. The molecule has 19 heavy (non-hydrogen) atoms. The fourth-order valence-corrected chi connectivity index (χ4v) is 4.17. The molecule has 1 saturated heterocycles. The van der Waals surface area contributed by atoms with Crippen molar-refractivity contribution in [3.05, 3.63) is 72.4 Å². The summed E-state index contributed by atoms with van der Waals surface area (Å²) in [5.74, 6) is 2.45. The summed E-state index contributed by atoms with van der Waals surface area (Å²) in [6, 6.07) is 10.9. The zero-order valence-electron chi connectivity index (χ0n) is 11.6. The lowest BCUT2D eigenvalue weighted by molar-refractivity contribution is 0.509. The van der Waals surface area contributed by atoms with E-state index in [-0.39, 0.29) is 5.41 Å². The first kappa shape index (κ1) is 14.2. The summed E-state index contributed by atoms with van der Waals surface area (Å²) in [5.41, 5.74) is 2.99. The number of thioether (sulfide) groups is 1. The highest BCUT2D eigenvalue weighted by atomic mass is 32.2. The van der Waals surface area contributed by atoms with Crippen molar-refractivity contribution >= 4 is 11.8 Å². The highest BCUT2D eigenvalue weighted by Crippen LogP contribution is 2.43. The van der Waals surface area contributed by atoms with Crippen LogP contribution in [0.4, 0.5) is 0 Å². The van der Waals surface area contributed by atoms with Gasteiger partial charge in [-0.2, -0.15) is 11.8 Å². The third kappa shape index (κ3) is 3.03. The van der Waals surface area contributed by atoms with Crippen molar-refractivity contribution in [3.63, 3.8) is 0 Å². The Bertz CT molecular complexity index is 462. The zero-order chi connectivity index (χ0) is 13.6. The summed E-state index contributed by atoms with van der Waals surface area (Å²) in [6.45, 7) is 5.97. The first-order valence-corrected chi connectivity index (χ1v) is 8.08. The van der Waals surface area contributed by atoms with E-state index in [1.807, 2.05) is 6.08 Å². The summed E-state index contributed by atoms with van der Waals surface area (Å²) in [4.78, 5) is 0. The van der Waals surface area contributed by atoms with Crippen molar-refractivity contribution in [2.24, 2.45) is 0 Å². The van der Waals surface area contributed by atoms with Crippen molar-refractivity contribution in [3.8, 4) is 0 Å². The standard InChI is InChI=1S/C18H22S/c1-3-9-16(10-4-2)18(13-8-14-19-15-18)17-11-6-5-7-12-17/h3-7,9-12H,1,8,13-15H2,2H3/b10-4-,16-9+. The lowest BCUT2D eigenvalue weighted by atomic mass is 9.71. The highest BCUT2D eigenvalue weighted by molar-refractivity contribution is 7.99. The average molecular weight is 270 g/mol. The van der Waals surface area contributed by atoms with Crippen molar-refractivity contribution in [1.29, 1.82) is 0 Å². The van der Waals surface area contributed by atoms with Crippen molar-refractivity contribution in [1.82, 2.24) is 0 Å². The van der Waals surface area contributed by atoms with Crippen LogP contribution in [0.15, 0.2) is 66.8 Å². The highest BCUT2D eigenvalue weighted by Gasteiger charge is 2.36. The summed E-state index contributed by atoms with van der Waals surface area (Å²) >= 11 is 2.07. The number of benzene rings is 1. The van der Waals surface area contributed by atoms with E-state index in [2.05, 4.69) is 73.8 Å². The Labute approximate surface area is 121 Å². The van der Waals surface area contributed by atoms with Gasteiger partial charge in [0.2, 0.25) is 0 Å². The van der Waals surface area contributed by atoms with E-state index in [1.54, 1.807) is 0 Å². The fraction of sp³-hybridized carbons (Fsp3) is 0.333.